The lowest BCUT2D eigenvalue weighted by Gasteiger charge is -2.39. The van der Waals surface area contributed by atoms with E-state index in [1.165, 1.54) is 41.3 Å². The van der Waals surface area contributed by atoms with E-state index in [1.54, 1.807) is 13.2 Å². The first kappa shape index (κ1) is 29.6. The Bertz CT molecular complexity index is 1650. The molecule has 3 aliphatic heterocycles. The van der Waals surface area contributed by atoms with Crippen LogP contribution in [0.5, 0.6) is 0 Å². The molecule has 1 fully saturated rings. The van der Waals surface area contributed by atoms with Crippen LogP contribution in [0.25, 0.3) is 0 Å². The van der Waals surface area contributed by atoms with E-state index >= 15 is 0 Å². The minimum Gasteiger partial charge on any atom is -0.478 e. The molecular weight excluding hydrogens is 591 g/mol. The molecule has 3 heterocycles. The van der Waals surface area contributed by atoms with Crippen molar-refractivity contribution in [2.24, 2.45) is 5.16 Å². The zero-order valence-corrected chi connectivity index (χ0v) is 24.6. The third-order valence-electron chi connectivity index (χ3n) is 8.35. The molecule has 3 aromatic carbocycles. The zero-order valence-electron chi connectivity index (χ0n) is 23.8. The van der Waals surface area contributed by atoms with Gasteiger partial charge in [-0.2, -0.15) is 0 Å². The first-order chi connectivity index (χ1) is 21.2. The van der Waals surface area contributed by atoms with Gasteiger partial charge in [0.15, 0.2) is 5.82 Å². The minimum atomic E-state index is -1.08. The van der Waals surface area contributed by atoms with Gasteiger partial charge in [0.1, 0.15) is 6.04 Å². The van der Waals surface area contributed by atoms with Crippen LogP contribution in [0.4, 0.5) is 15.8 Å². The Balaban J connectivity index is 1.30. The van der Waals surface area contributed by atoms with Crippen molar-refractivity contribution >= 4 is 46.5 Å². The van der Waals surface area contributed by atoms with E-state index in [2.05, 4.69) is 15.4 Å². The maximum Gasteiger partial charge on any atom is 0.335 e. The summed E-state index contributed by atoms with van der Waals surface area (Å²) in [6.07, 6.45) is 0.454. The third kappa shape index (κ3) is 5.60. The van der Waals surface area contributed by atoms with E-state index in [0.29, 0.717) is 17.7 Å². The molecule has 3 atom stereocenters. The number of fused-ring (bicyclic) bond motifs is 1. The summed E-state index contributed by atoms with van der Waals surface area (Å²) in [4.78, 5) is 48.5. The number of ether oxygens (including phenoxy) is 1. The van der Waals surface area contributed by atoms with E-state index < -0.39 is 35.7 Å². The highest BCUT2D eigenvalue weighted by atomic mass is 35.5. The fourth-order valence-electron chi connectivity index (χ4n) is 6.09. The van der Waals surface area contributed by atoms with Gasteiger partial charge in [0.05, 0.1) is 22.4 Å². The van der Waals surface area contributed by atoms with Gasteiger partial charge in [-0.15, -0.1) is 0 Å². The number of hydrogen-bond acceptors (Lipinski definition) is 7. The molecule has 1 saturated heterocycles. The van der Waals surface area contributed by atoms with Gasteiger partial charge in [-0.05, 0) is 66.4 Å². The number of nitrogens with one attached hydrogen (secondary N) is 1. The summed E-state index contributed by atoms with van der Waals surface area (Å²) in [6.45, 7) is 1.76. The van der Waals surface area contributed by atoms with Crippen LogP contribution in [0.1, 0.15) is 45.9 Å². The summed E-state index contributed by atoms with van der Waals surface area (Å²) in [6, 6.07) is 15.1. The lowest BCUT2D eigenvalue weighted by molar-refractivity contribution is -0.148. The first-order valence-corrected chi connectivity index (χ1v) is 14.6. The number of anilines is 2. The number of aromatic carboxylic acids is 1. The van der Waals surface area contributed by atoms with E-state index in [-0.39, 0.29) is 40.9 Å². The molecule has 0 spiro atoms. The Kier molecular flexibility index (Phi) is 8.24. The van der Waals surface area contributed by atoms with Crippen molar-refractivity contribution in [1.82, 2.24) is 4.90 Å². The summed E-state index contributed by atoms with van der Waals surface area (Å²) >= 11 is 5.95. The molecular formula is C32H30ClFN4O6. The highest BCUT2D eigenvalue weighted by Crippen LogP contribution is 2.39. The molecule has 12 heteroatoms. The predicted octanol–water partition coefficient (Wildman–Crippen LogP) is 4.66. The Morgan fingerprint density at radius 1 is 1.09 bits per heavy atom. The van der Waals surface area contributed by atoms with Crippen LogP contribution in [0, 0.1) is 5.82 Å². The molecule has 0 bridgehead atoms. The summed E-state index contributed by atoms with van der Waals surface area (Å²) in [5, 5.41) is 16.0. The fourth-order valence-corrected chi connectivity index (χ4v) is 6.27. The number of rotatable bonds is 7. The topological polar surface area (TPSA) is 121 Å². The summed E-state index contributed by atoms with van der Waals surface area (Å²) < 4.78 is 20.3. The number of methoxy groups -OCH3 is 1. The SMILES string of the molecule is COC1CCN(c2cccc3c2CCN(C(=O)C2CC(c4cccc(Cl)c4F)=NO2)[C@H]3C(=O)Nc2ccc(C(=O)O)cc2)C1. The second-order valence-corrected chi connectivity index (χ2v) is 11.3. The Morgan fingerprint density at radius 3 is 2.59 bits per heavy atom. The van der Waals surface area contributed by atoms with E-state index in [0.717, 1.165) is 30.8 Å². The molecule has 44 heavy (non-hydrogen) atoms. The Morgan fingerprint density at radius 2 is 1.86 bits per heavy atom. The summed E-state index contributed by atoms with van der Waals surface area (Å²) in [5.41, 5.74) is 3.53. The van der Waals surface area contributed by atoms with Gasteiger partial charge in [-0.25, -0.2) is 9.18 Å². The number of oxime groups is 1. The molecule has 10 nitrogen and oxygen atoms in total. The number of carboxylic acid groups (broad SMARTS) is 1. The van der Waals surface area contributed by atoms with Gasteiger partial charge in [0.25, 0.3) is 11.8 Å². The molecule has 3 aromatic rings. The van der Waals surface area contributed by atoms with Crippen LogP contribution in [0.15, 0.2) is 65.8 Å². The number of halogens is 2. The van der Waals surface area contributed by atoms with E-state index in [9.17, 15) is 23.9 Å². The summed E-state index contributed by atoms with van der Waals surface area (Å²) in [7, 11) is 1.70. The molecule has 2 unspecified atom stereocenters. The highest BCUT2D eigenvalue weighted by Gasteiger charge is 2.42. The molecule has 3 aliphatic rings. The number of carbonyl (C=O) groups excluding carboxylic acids is 2. The monoisotopic (exact) mass is 620 g/mol. The van der Waals surface area contributed by atoms with Crippen molar-refractivity contribution in [2.45, 2.75) is 37.5 Å². The van der Waals surface area contributed by atoms with Crippen molar-refractivity contribution in [2.75, 3.05) is 37.0 Å². The van der Waals surface area contributed by atoms with E-state index in [1.807, 2.05) is 18.2 Å². The maximum atomic E-state index is 14.7. The molecule has 2 N–H and O–H groups in total. The van der Waals surface area contributed by atoms with Gasteiger partial charge >= 0.3 is 5.97 Å². The van der Waals surface area contributed by atoms with Gasteiger partial charge in [0.2, 0.25) is 6.10 Å². The number of amides is 2. The average Bonchev–Trinajstić information content (AvgIpc) is 3.72. The van der Waals surface area contributed by atoms with Crippen molar-refractivity contribution < 1.29 is 33.5 Å². The smallest absolute Gasteiger partial charge is 0.335 e. The van der Waals surface area contributed by atoms with Gasteiger partial charge < -0.3 is 29.8 Å². The second kappa shape index (κ2) is 12.3. The van der Waals surface area contributed by atoms with Gasteiger partial charge in [-0.1, -0.05) is 35.0 Å². The maximum absolute atomic E-state index is 14.7. The summed E-state index contributed by atoms with van der Waals surface area (Å²) in [5.74, 6) is -2.64. The third-order valence-corrected chi connectivity index (χ3v) is 8.65. The van der Waals surface area contributed by atoms with Crippen LogP contribution >= 0.6 is 11.6 Å². The Hall–Kier alpha value is -4.48. The van der Waals surface area contributed by atoms with Crippen LogP contribution in [0.3, 0.4) is 0 Å². The highest BCUT2D eigenvalue weighted by molar-refractivity contribution is 6.31. The molecule has 0 aromatic heterocycles. The molecule has 2 amide bonds. The van der Waals surface area contributed by atoms with Crippen LogP contribution in [-0.4, -0.2) is 72.5 Å². The molecule has 0 aliphatic carbocycles. The number of carbonyl (C=O) groups is 3. The fraction of sp³-hybridized carbons (Fsp3) is 0.312. The van der Waals surface area contributed by atoms with Crippen LogP contribution < -0.4 is 10.2 Å². The Labute approximate surface area is 258 Å². The quantitative estimate of drug-likeness (QED) is 0.394. The number of hydrogen-bond donors (Lipinski definition) is 2. The average molecular weight is 621 g/mol. The number of nitrogens with zero attached hydrogens (tertiary/aromatic N) is 3. The van der Waals surface area contributed by atoms with Gasteiger partial charge in [-0.3, -0.25) is 9.59 Å². The molecule has 228 valence electrons. The van der Waals surface area contributed by atoms with Crippen molar-refractivity contribution in [3.63, 3.8) is 0 Å². The van der Waals surface area contributed by atoms with Gasteiger partial charge in [0, 0.05) is 50.1 Å². The van der Waals surface area contributed by atoms with Crippen molar-refractivity contribution in [3.05, 3.63) is 93.8 Å². The zero-order chi connectivity index (χ0) is 31.0. The predicted molar refractivity (Wildman–Crippen MR) is 162 cm³/mol. The molecule has 6 rings (SSSR count). The number of carboxylic acids is 1. The van der Waals surface area contributed by atoms with Crippen LogP contribution in [0.2, 0.25) is 5.02 Å². The number of benzene rings is 3. The lowest BCUT2D eigenvalue weighted by Crippen LogP contribution is -2.49. The lowest BCUT2D eigenvalue weighted by atomic mass is 9.89. The largest absolute Gasteiger partial charge is 0.478 e. The normalized spacial score (nSPS) is 21.0. The van der Waals surface area contributed by atoms with Crippen LogP contribution in [-0.2, 0) is 25.6 Å². The van der Waals surface area contributed by atoms with E-state index in [4.69, 9.17) is 21.2 Å². The minimum absolute atomic E-state index is 0.0106. The second-order valence-electron chi connectivity index (χ2n) is 10.9. The molecule has 0 saturated carbocycles. The van der Waals surface area contributed by atoms with Crippen molar-refractivity contribution in [1.29, 1.82) is 0 Å². The van der Waals surface area contributed by atoms with Crippen molar-refractivity contribution in [3.8, 4) is 0 Å². The first-order valence-electron chi connectivity index (χ1n) is 14.3. The molecule has 0 radical (unpaired) electrons. The standard InChI is InChI=1S/C32H30ClFN4O6/c1-43-20-12-14-37(17-20)26-7-3-4-22-21(26)13-15-38(29(22)30(39)35-19-10-8-18(9-11-19)32(41)42)31(40)27-16-25(36-44-27)23-5-2-6-24(33)28(23)34/h2-11,20,27,29H,12-17H2,1H3,(H,35,39)(H,41,42)/t20?,27?,29-/m1/s1.